The Balaban J connectivity index is 2.03. The van der Waals surface area contributed by atoms with Gasteiger partial charge in [0.25, 0.3) is 5.56 Å². The van der Waals surface area contributed by atoms with E-state index in [9.17, 15) is 9.59 Å². The Morgan fingerprint density at radius 2 is 2.19 bits per heavy atom. The summed E-state index contributed by atoms with van der Waals surface area (Å²) >= 11 is 0. The molecular weight excluding hydrogens is 270 g/mol. The topological polar surface area (TPSA) is 77.1 Å². The van der Waals surface area contributed by atoms with Crippen LogP contribution in [0.4, 0.5) is 0 Å². The fraction of sp³-hybridized carbons (Fsp3) is 0.267. The van der Waals surface area contributed by atoms with Gasteiger partial charge in [-0.15, -0.1) is 0 Å². The molecule has 1 aromatic carbocycles. The van der Waals surface area contributed by atoms with Crippen molar-refractivity contribution in [2.45, 2.75) is 19.9 Å². The van der Waals surface area contributed by atoms with Crippen LogP contribution in [0.15, 0.2) is 39.7 Å². The average molecular weight is 285 g/mol. The Morgan fingerprint density at radius 1 is 1.38 bits per heavy atom. The van der Waals surface area contributed by atoms with Gasteiger partial charge in [-0.2, -0.15) is 5.10 Å². The zero-order chi connectivity index (χ0) is 14.8. The summed E-state index contributed by atoms with van der Waals surface area (Å²) in [6, 6.07) is 7.36. The van der Waals surface area contributed by atoms with Gasteiger partial charge in [0, 0.05) is 11.9 Å². The standard InChI is InChI=1S/C15H15N3O3/c1-2-7-16-13(19)8-18-15(20)11-9-21-12-6-4-3-5-10(12)14(11)17-18/h3-6,9H,2,7-8H2,1H3,(H,16,19). The highest BCUT2D eigenvalue weighted by Crippen LogP contribution is 2.26. The normalized spacial score (nSPS) is 11.1. The van der Waals surface area contributed by atoms with E-state index in [4.69, 9.17) is 4.42 Å². The summed E-state index contributed by atoms with van der Waals surface area (Å²) in [5.41, 5.74) is 1.29. The molecule has 1 N–H and O–H groups in total. The SMILES string of the molecule is CCCNC(=O)Cn1nc2c3ccccc3occ-2c1=O. The number of carbonyl (C=O) groups is 1. The van der Waals surface area contributed by atoms with Crippen LogP contribution in [-0.2, 0) is 11.3 Å². The lowest BCUT2D eigenvalue weighted by molar-refractivity contribution is -0.121. The van der Waals surface area contributed by atoms with Gasteiger partial charge in [-0.05, 0) is 18.6 Å². The van der Waals surface area contributed by atoms with E-state index in [1.165, 1.54) is 10.9 Å². The molecule has 108 valence electrons. The second-order valence-corrected chi connectivity index (χ2v) is 4.81. The van der Waals surface area contributed by atoms with E-state index in [2.05, 4.69) is 10.4 Å². The van der Waals surface area contributed by atoms with E-state index < -0.39 is 0 Å². The molecule has 1 aromatic rings. The highest BCUT2D eigenvalue weighted by atomic mass is 16.3. The molecule has 0 radical (unpaired) electrons. The fourth-order valence-electron chi connectivity index (χ4n) is 2.22. The molecule has 2 aliphatic heterocycles. The minimum absolute atomic E-state index is 0.0815. The van der Waals surface area contributed by atoms with Crippen molar-refractivity contribution in [1.82, 2.24) is 15.1 Å². The molecule has 0 atom stereocenters. The molecular formula is C15H15N3O3. The summed E-state index contributed by atoms with van der Waals surface area (Å²) in [5.74, 6) is -0.219. The Bertz CT molecular complexity index is 819. The van der Waals surface area contributed by atoms with Crippen molar-refractivity contribution in [1.29, 1.82) is 0 Å². The van der Waals surface area contributed by atoms with E-state index in [0.29, 0.717) is 23.4 Å². The molecule has 2 aliphatic rings. The smallest absolute Gasteiger partial charge is 0.279 e. The second kappa shape index (κ2) is 5.40. The number of fused-ring (bicyclic) bond motifs is 3. The minimum atomic E-state index is -0.314. The quantitative estimate of drug-likeness (QED) is 0.790. The van der Waals surface area contributed by atoms with Crippen molar-refractivity contribution in [3.8, 4) is 11.3 Å². The van der Waals surface area contributed by atoms with Crippen LogP contribution >= 0.6 is 0 Å². The summed E-state index contributed by atoms with van der Waals surface area (Å²) in [6.45, 7) is 2.48. The maximum atomic E-state index is 12.2. The summed E-state index contributed by atoms with van der Waals surface area (Å²) in [6.07, 6.45) is 2.24. The van der Waals surface area contributed by atoms with Crippen LogP contribution in [0.25, 0.3) is 22.2 Å². The zero-order valence-corrected chi connectivity index (χ0v) is 11.6. The first-order valence-corrected chi connectivity index (χ1v) is 6.84. The van der Waals surface area contributed by atoms with Crippen molar-refractivity contribution >= 4 is 16.9 Å². The number of rotatable bonds is 4. The number of aromatic nitrogens is 2. The third-order valence-corrected chi connectivity index (χ3v) is 3.25. The molecule has 3 rings (SSSR count). The van der Waals surface area contributed by atoms with Crippen molar-refractivity contribution in [3.63, 3.8) is 0 Å². The first-order valence-electron chi connectivity index (χ1n) is 6.84. The van der Waals surface area contributed by atoms with Crippen LogP contribution in [-0.4, -0.2) is 22.2 Å². The van der Waals surface area contributed by atoms with Crippen LogP contribution in [0.5, 0.6) is 0 Å². The third kappa shape index (κ3) is 2.40. The van der Waals surface area contributed by atoms with Crippen LogP contribution < -0.4 is 10.9 Å². The van der Waals surface area contributed by atoms with Gasteiger partial charge >= 0.3 is 0 Å². The van der Waals surface area contributed by atoms with Crippen molar-refractivity contribution < 1.29 is 9.21 Å². The number of nitrogens with one attached hydrogen (secondary N) is 1. The number of hydrogen-bond acceptors (Lipinski definition) is 4. The molecule has 0 aromatic heterocycles. The van der Waals surface area contributed by atoms with E-state index in [1.807, 2.05) is 31.2 Å². The van der Waals surface area contributed by atoms with Gasteiger partial charge in [-0.3, -0.25) is 9.59 Å². The van der Waals surface area contributed by atoms with Crippen molar-refractivity contribution in [2.24, 2.45) is 0 Å². The summed E-state index contributed by atoms with van der Waals surface area (Å²) in [7, 11) is 0. The molecule has 0 bridgehead atoms. The number of nitrogens with zero attached hydrogens (tertiary/aromatic N) is 2. The summed E-state index contributed by atoms with van der Waals surface area (Å²) < 4.78 is 6.61. The summed E-state index contributed by atoms with van der Waals surface area (Å²) in [5, 5.41) is 7.76. The highest BCUT2D eigenvalue weighted by molar-refractivity contribution is 5.91. The Kier molecular flexibility index (Phi) is 3.43. The van der Waals surface area contributed by atoms with Gasteiger partial charge in [0.1, 0.15) is 29.6 Å². The average Bonchev–Trinajstić information content (AvgIpc) is 2.82. The number of amides is 1. The van der Waals surface area contributed by atoms with E-state index >= 15 is 0 Å². The van der Waals surface area contributed by atoms with Gasteiger partial charge in [-0.1, -0.05) is 19.1 Å². The van der Waals surface area contributed by atoms with Crippen molar-refractivity contribution in [3.05, 3.63) is 40.9 Å². The Labute approximate surface area is 120 Å². The lowest BCUT2D eigenvalue weighted by Gasteiger charge is -2.02. The number of hydrogen-bond donors (Lipinski definition) is 1. The molecule has 0 spiro atoms. The Hall–Kier alpha value is -2.63. The van der Waals surface area contributed by atoms with Gasteiger partial charge in [-0.25, -0.2) is 4.68 Å². The maximum absolute atomic E-state index is 12.2. The lowest BCUT2D eigenvalue weighted by atomic mass is 10.1. The predicted molar refractivity (Wildman–Crippen MR) is 78.2 cm³/mol. The third-order valence-electron chi connectivity index (χ3n) is 3.25. The molecule has 0 aliphatic carbocycles. The molecule has 21 heavy (non-hydrogen) atoms. The molecule has 2 heterocycles. The number of carbonyl (C=O) groups excluding carboxylic acids is 1. The summed E-state index contributed by atoms with van der Waals surface area (Å²) in [4.78, 5) is 24.0. The first-order chi connectivity index (χ1) is 10.2. The molecule has 0 unspecified atom stereocenters. The zero-order valence-electron chi connectivity index (χ0n) is 11.6. The maximum Gasteiger partial charge on any atom is 0.279 e. The molecule has 6 nitrogen and oxygen atoms in total. The minimum Gasteiger partial charge on any atom is -0.463 e. The molecule has 0 fully saturated rings. The first kappa shape index (κ1) is 13.4. The van der Waals surface area contributed by atoms with Crippen LogP contribution in [0, 0.1) is 0 Å². The van der Waals surface area contributed by atoms with E-state index in [0.717, 1.165) is 11.8 Å². The lowest BCUT2D eigenvalue weighted by Crippen LogP contribution is -2.31. The van der Waals surface area contributed by atoms with Crippen LogP contribution in [0.1, 0.15) is 13.3 Å². The number of para-hydroxylation sites is 1. The highest BCUT2D eigenvalue weighted by Gasteiger charge is 2.20. The van der Waals surface area contributed by atoms with Gasteiger partial charge < -0.3 is 9.73 Å². The van der Waals surface area contributed by atoms with Gasteiger partial charge in [0.2, 0.25) is 5.91 Å². The molecule has 0 saturated heterocycles. The van der Waals surface area contributed by atoms with E-state index in [1.54, 1.807) is 0 Å². The Morgan fingerprint density at radius 3 is 3.00 bits per heavy atom. The monoisotopic (exact) mass is 285 g/mol. The molecule has 6 heteroatoms. The predicted octanol–water partition coefficient (Wildman–Crippen LogP) is 1.62. The van der Waals surface area contributed by atoms with Gasteiger partial charge in [0.05, 0.1) is 0 Å². The molecule has 1 amide bonds. The second-order valence-electron chi connectivity index (χ2n) is 4.81. The van der Waals surface area contributed by atoms with Crippen LogP contribution in [0.2, 0.25) is 0 Å². The molecule has 0 saturated carbocycles. The van der Waals surface area contributed by atoms with E-state index in [-0.39, 0.29) is 18.0 Å². The largest absolute Gasteiger partial charge is 0.463 e. The number of benzene rings is 1. The van der Waals surface area contributed by atoms with Gasteiger partial charge in [0.15, 0.2) is 0 Å². The van der Waals surface area contributed by atoms with Crippen LogP contribution in [0.3, 0.4) is 0 Å². The fourth-order valence-corrected chi connectivity index (χ4v) is 2.22. The van der Waals surface area contributed by atoms with Crippen molar-refractivity contribution in [2.75, 3.05) is 6.54 Å².